The molecular formula is C7H14N2O3S. The molecule has 1 aliphatic rings. The first kappa shape index (κ1) is 10.5. The van der Waals surface area contributed by atoms with Gasteiger partial charge in [0.25, 0.3) is 0 Å². The second-order valence-corrected chi connectivity index (χ2v) is 5.02. The number of rotatable bonds is 5. The van der Waals surface area contributed by atoms with Gasteiger partial charge in [-0.2, -0.15) is 0 Å². The maximum atomic E-state index is 10.9. The van der Waals surface area contributed by atoms with Gasteiger partial charge in [0.2, 0.25) is 15.9 Å². The number of carbonyl (C=O) groups is 1. The predicted octanol–water partition coefficient (Wildman–Crippen LogP) is -0.796. The quantitative estimate of drug-likeness (QED) is 0.618. The number of hydrogen-bond donors (Lipinski definition) is 2. The van der Waals surface area contributed by atoms with Gasteiger partial charge in [0.15, 0.2) is 0 Å². The highest BCUT2D eigenvalue weighted by Gasteiger charge is 2.20. The lowest BCUT2D eigenvalue weighted by Gasteiger charge is -2.02. The molecule has 5 nitrogen and oxygen atoms in total. The van der Waals surface area contributed by atoms with Crippen molar-refractivity contribution < 1.29 is 13.2 Å². The Bertz CT molecular complexity index is 282. The van der Waals surface area contributed by atoms with E-state index >= 15 is 0 Å². The van der Waals surface area contributed by atoms with E-state index in [4.69, 9.17) is 0 Å². The predicted molar refractivity (Wildman–Crippen MR) is 48.6 cm³/mol. The van der Waals surface area contributed by atoms with Crippen LogP contribution in [-0.2, 0) is 14.8 Å². The molecule has 0 saturated heterocycles. The summed E-state index contributed by atoms with van der Waals surface area (Å²) in [5.41, 5.74) is 0. The summed E-state index contributed by atoms with van der Waals surface area (Å²) in [7, 11) is -3.39. The highest BCUT2D eigenvalue weighted by molar-refractivity contribution is 7.89. The number of sulfonamides is 1. The molecule has 1 amide bonds. The summed E-state index contributed by atoms with van der Waals surface area (Å²) in [5.74, 6) is -0.448. The van der Waals surface area contributed by atoms with E-state index in [1.54, 1.807) is 0 Å². The van der Waals surface area contributed by atoms with E-state index in [0.717, 1.165) is 19.1 Å². The van der Waals surface area contributed by atoms with E-state index in [9.17, 15) is 13.2 Å². The minimum absolute atomic E-state index is 0.212. The fourth-order valence-corrected chi connectivity index (χ4v) is 1.45. The Balaban J connectivity index is 2.09. The van der Waals surface area contributed by atoms with Gasteiger partial charge in [-0.15, -0.1) is 0 Å². The highest BCUT2D eigenvalue weighted by atomic mass is 32.2. The van der Waals surface area contributed by atoms with Crippen LogP contribution in [0.5, 0.6) is 0 Å². The van der Waals surface area contributed by atoms with Crippen LogP contribution in [0.15, 0.2) is 0 Å². The highest BCUT2D eigenvalue weighted by Crippen LogP contribution is 2.18. The molecule has 0 heterocycles. The normalized spacial score (nSPS) is 17.0. The van der Waals surface area contributed by atoms with Crippen LogP contribution in [0.3, 0.4) is 0 Å². The molecule has 0 unspecified atom stereocenters. The number of amides is 1. The van der Waals surface area contributed by atoms with Crippen molar-refractivity contribution in [3.05, 3.63) is 0 Å². The van der Waals surface area contributed by atoms with Crippen LogP contribution in [-0.4, -0.2) is 33.2 Å². The first-order chi connectivity index (χ1) is 5.97. The Morgan fingerprint density at radius 2 is 2.08 bits per heavy atom. The third-order valence-corrected chi connectivity index (χ3v) is 2.26. The van der Waals surface area contributed by atoms with E-state index in [1.807, 2.05) is 4.72 Å². The van der Waals surface area contributed by atoms with Gasteiger partial charge in [-0.05, 0) is 12.8 Å². The van der Waals surface area contributed by atoms with E-state index in [-0.39, 0.29) is 6.42 Å². The van der Waals surface area contributed by atoms with Crippen molar-refractivity contribution in [2.24, 2.45) is 0 Å². The zero-order valence-corrected chi connectivity index (χ0v) is 8.36. The molecule has 6 heteroatoms. The summed E-state index contributed by atoms with van der Waals surface area (Å²) in [6.07, 6.45) is 3.50. The van der Waals surface area contributed by atoms with Gasteiger partial charge in [0.1, 0.15) is 0 Å². The molecule has 0 spiro atoms. The summed E-state index contributed by atoms with van der Waals surface area (Å²) < 4.78 is 23.1. The Labute approximate surface area is 77.9 Å². The van der Waals surface area contributed by atoms with Crippen LogP contribution in [0.25, 0.3) is 0 Å². The standard InChI is InChI=1S/C7H14N2O3S/c1-13(11,12)9-7(10)4-5-8-6-2-3-6/h6,8H,2-5H2,1H3,(H,9,10). The molecule has 0 aromatic rings. The van der Waals surface area contributed by atoms with Gasteiger partial charge in [-0.3, -0.25) is 9.52 Å². The van der Waals surface area contributed by atoms with Crippen LogP contribution in [0.2, 0.25) is 0 Å². The maximum absolute atomic E-state index is 10.9. The fourth-order valence-electron chi connectivity index (χ4n) is 0.935. The average molecular weight is 206 g/mol. The molecule has 0 radical (unpaired) electrons. The smallest absolute Gasteiger partial charge is 0.234 e. The molecule has 0 aromatic carbocycles. The zero-order valence-electron chi connectivity index (χ0n) is 7.54. The van der Waals surface area contributed by atoms with E-state index < -0.39 is 15.9 Å². The molecule has 76 valence electrons. The minimum atomic E-state index is -3.39. The molecule has 0 atom stereocenters. The van der Waals surface area contributed by atoms with Gasteiger partial charge < -0.3 is 5.32 Å². The molecule has 2 N–H and O–H groups in total. The summed E-state index contributed by atoms with van der Waals surface area (Å²) in [6, 6.07) is 0.547. The van der Waals surface area contributed by atoms with E-state index in [0.29, 0.717) is 12.6 Å². The van der Waals surface area contributed by atoms with Crippen molar-refractivity contribution in [2.75, 3.05) is 12.8 Å². The van der Waals surface area contributed by atoms with Gasteiger partial charge in [-0.1, -0.05) is 0 Å². The van der Waals surface area contributed by atoms with Gasteiger partial charge in [-0.25, -0.2) is 8.42 Å². The Hall–Kier alpha value is -0.620. The Morgan fingerprint density at radius 1 is 1.46 bits per heavy atom. The van der Waals surface area contributed by atoms with Crippen molar-refractivity contribution in [2.45, 2.75) is 25.3 Å². The van der Waals surface area contributed by atoms with E-state index in [1.165, 1.54) is 0 Å². The first-order valence-electron chi connectivity index (χ1n) is 4.21. The fraction of sp³-hybridized carbons (Fsp3) is 0.857. The second-order valence-electron chi connectivity index (χ2n) is 3.28. The van der Waals surface area contributed by atoms with Crippen molar-refractivity contribution in [1.82, 2.24) is 10.0 Å². The van der Waals surface area contributed by atoms with Gasteiger partial charge >= 0.3 is 0 Å². The van der Waals surface area contributed by atoms with Crippen LogP contribution in [0.1, 0.15) is 19.3 Å². The molecule has 1 rings (SSSR count). The number of nitrogens with one attached hydrogen (secondary N) is 2. The van der Waals surface area contributed by atoms with Crippen LogP contribution >= 0.6 is 0 Å². The molecule has 1 aliphatic carbocycles. The molecule has 0 aliphatic heterocycles. The Morgan fingerprint density at radius 3 is 2.54 bits per heavy atom. The van der Waals surface area contributed by atoms with Crippen LogP contribution in [0, 0.1) is 0 Å². The maximum Gasteiger partial charge on any atom is 0.234 e. The summed E-state index contributed by atoms with van der Waals surface area (Å²) in [4.78, 5) is 10.9. The summed E-state index contributed by atoms with van der Waals surface area (Å²) in [5, 5.41) is 3.12. The van der Waals surface area contributed by atoms with Crippen molar-refractivity contribution in [3.8, 4) is 0 Å². The lowest BCUT2D eigenvalue weighted by molar-refractivity contribution is -0.119. The van der Waals surface area contributed by atoms with Crippen molar-refractivity contribution >= 4 is 15.9 Å². The largest absolute Gasteiger partial charge is 0.313 e. The molecule has 1 fully saturated rings. The lowest BCUT2D eigenvalue weighted by Crippen LogP contribution is -2.32. The molecule has 0 bridgehead atoms. The third-order valence-electron chi connectivity index (χ3n) is 1.66. The Kier molecular flexibility index (Phi) is 3.27. The third kappa shape index (κ3) is 5.59. The first-order valence-corrected chi connectivity index (χ1v) is 6.10. The van der Waals surface area contributed by atoms with Crippen molar-refractivity contribution in [3.63, 3.8) is 0 Å². The van der Waals surface area contributed by atoms with E-state index in [2.05, 4.69) is 5.32 Å². The van der Waals surface area contributed by atoms with Crippen molar-refractivity contribution in [1.29, 1.82) is 0 Å². The topological polar surface area (TPSA) is 75.3 Å². The molecule has 13 heavy (non-hydrogen) atoms. The second kappa shape index (κ2) is 4.06. The minimum Gasteiger partial charge on any atom is -0.313 e. The molecule has 0 aromatic heterocycles. The monoisotopic (exact) mass is 206 g/mol. The molecule has 1 saturated carbocycles. The summed E-state index contributed by atoms with van der Waals surface area (Å²) in [6.45, 7) is 0.548. The lowest BCUT2D eigenvalue weighted by atomic mass is 10.4. The zero-order chi connectivity index (χ0) is 9.90. The number of hydrogen-bond acceptors (Lipinski definition) is 4. The number of carbonyl (C=O) groups excluding carboxylic acids is 1. The van der Waals surface area contributed by atoms with Crippen LogP contribution < -0.4 is 10.0 Å². The summed E-state index contributed by atoms with van der Waals surface area (Å²) >= 11 is 0. The SMILES string of the molecule is CS(=O)(=O)NC(=O)CCNC1CC1. The van der Waals surface area contributed by atoms with Gasteiger partial charge in [0.05, 0.1) is 6.26 Å². The average Bonchev–Trinajstić information content (AvgIpc) is 2.66. The van der Waals surface area contributed by atoms with Gasteiger partial charge in [0, 0.05) is 19.0 Å². The van der Waals surface area contributed by atoms with Crippen LogP contribution in [0.4, 0.5) is 0 Å². The molecular weight excluding hydrogens is 192 g/mol.